The smallest absolute Gasteiger partial charge is 0.270 e. The fraction of sp³-hybridized carbons (Fsp3) is 0.583. The lowest BCUT2D eigenvalue weighted by Gasteiger charge is -2.13. The molecule has 0 spiro atoms. The third kappa shape index (κ3) is 4.76. The summed E-state index contributed by atoms with van der Waals surface area (Å²) in [7, 11) is -1.47. The number of sulfone groups is 1. The second-order valence-electron chi connectivity index (χ2n) is 4.54. The highest BCUT2D eigenvalue weighted by Gasteiger charge is 2.17. The molecule has 1 atom stereocenters. The standard InChI is InChI=1S/C12H20N4O3S/c1-5-20(18,19)7-9(3)14-11(17)10-6-8(2)15-12(13-4)16-10/h6,9H,5,7H2,1-4H3,(H,14,17)(H,13,15,16)/t9-/m1/s1. The average Bonchev–Trinajstić information content (AvgIpc) is 2.37. The van der Waals surface area contributed by atoms with Gasteiger partial charge in [-0.25, -0.2) is 18.4 Å². The molecule has 1 aromatic heterocycles. The van der Waals surface area contributed by atoms with Crippen LogP contribution < -0.4 is 10.6 Å². The maximum Gasteiger partial charge on any atom is 0.270 e. The van der Waals surface area contributed by atoms with Gasteiger partial charge >= 0.3 is 0 Å². The van der Waals surface area contributed by atoms with Crippen LogP contribution in [0.2, 0.25) is 0 Å². The largest absolute Gasteiger partial charge is 0.357 e. The summed E-state index contributed by atoms with van der Waals surface area (Å²) in [5.41, 5.74) is 0.867. The van der Waals surface area contributed by atoms with Crippen LogP contribution >= 0.6 is 0 Å². The first-order valence-electron chi connectivity index (χ1n) is 6.32. The van der Waals surface area contributed by atoms with E-state index in [2.05, 4.69) is 20.6 Å². The van der Waals surface area contributed by atoms with Crippen LogP contribution in [0.3, 0.4) is 0 Å². The van der Waals surface area contributed by atoms with Crippen LogP contribution in [-0.4, -0.2) is 48.9 Å². The molecule has 0 fully saturated rings. The highest BCUT2D eigenvalue weighted by Crippen LogP contribution is 2.05. The van der Waals surface area contributed by atoms with Gasteiger partial charge in [0, 0.05) is 24.5 Å². The molecule has 0 unspecified atom stereocenters. The number of amides is 1. The lowest BCUT2D eigenvalue weighted by Crippen LogP contribution is -2.38. The van der Waals surface area contributed by atoms with Crippen LogP contribution in [-0.2, 0) is 9.84 Å². The number of hydrogen-bond donors (Lipinski definition) is 2. The number of nitrogens with one attached hydrogen (secondary N) is 2. The van der Waals surface area contributed by atoms with Crippen LogP contribution in [0.4, 0.5) is 5.95 Å². The molecule has 1 amide bonds. The van der Waals surface area contributed by atoms with E-state index < -0.39 is 21.8 Å². The molecule has 8 heteroatoms. The van der Waals surface area contributed by atoms with Crippen LogP contribution in [0.25, 0.3) is 0 Å². The third-order valence-electron chi connectivity index (χ3n) is 2.63. The summed E-state index contributed by atoms with van der Waals surface area (Å²) in [5, 5.41) is 5.39. The van der Waals surface area contributed by atoms with Crippen molar-refractivity contribution in [2.24, 2.45) is 0 Å². The van der Waals surface area contributed by atoms with Gasteiger partial charge in [0.1, 0.15) is 5.69 Å². The molecule has 0 aliphatic carbocycles. The maximum atomic E-state index is 12.0. The van der Waals surface area contributed by atoms with Crippen molar-refractivity contribution in [2.45, 2.75) is 26.8 Å². The zero-order valence-corrected chi connectivity index (χ0v) is 12.9. The molecule has 0 saturated carbocycles. The summed E-state index contributed by atoms with van der Waals surface area (Å²) >= 11 is 0. The lowest BCUT2D eigenvalue weighted by molar-refractivity contribution is 0.0938. The number of aromatic nitrogens is 2. The Morgan fingerprint density at radius 3 is 2.60 bits per heavy atom. The zero-order valence-electron chi connectivity index (χ0n) is 12.1. The van der Waals surface area contributed by atoms with Crippen molar-refractivity contribution in [3.63, 3.8) is 0 Å². The minimum atomic E-state index is -3.13. The molecule has 20 heavy (non-hydrogen) atoms. The number of carbonyl (C=O) groups is 1. The van der Waals surface area contributed by atoms with E-state index in [-0.39, 0.29) is 17.2 Å². The Kier molecular flexibility index (Phi) is 5.43. The molecule has 0 saturated heterocycles. The molecule has 0 aliphatic heterocycles. The van der Waals surface area contributed by atoms with Crippen LogP contribution in [0.5, 0.6) is 0 Å². The second-order valence-corrected chi connectivity index (χ2v) is 6.94. The normalized spacial score (nSPS) is 12.8. The number of carbonyl (C=O) groups excluding carboxylic acids is 1. The Bertz CT molecular complexity index is 586. The van der Waals surface area contributed by atoms with E-state index >= 15 is 0 Å². The molecule has 0 bridgehead atoms. The van der Waals surface area contributed by atoms with Crippen molar-refractivity contribution in [1.29, 1.82) is 0 Å². The summed E-state index contributed by atoms with van der Waals surface area (Å²) in [4.78, 5) is 20.2. The van der Waals surface area contributed by atoms with E-state index in [1.807, 2.05) is 0 Å². The molecule has 0 aromatic carbocycles. The first kappa shape index (κ1) is 16.4. The van der Waals surface area contributed by atoms with Gasteiger partial charge in [-0.15, -0.1) is 0 Å². The maximum absolute atomic E-state index is 12.0. The monoisotopic (exact) mass is 300 g/mol. The van der Waals surface area contributed by atoms with Crippen LogP contribution in [0.15, 0.2) is 6.07 Å². The predicted octanol–water partition coefficient (Wildman–Crippen LogP) is 0.380. The zero-order chi connectivity index (χ0) is 15.3. The number of anilines is 1. The minimum absolute atomic E-state index is 0.0593. The Hall–Kier alpha value is -1.70. The SMILES string of the molecule is CCS(=O)(=O)C[C@@H](C)NC(=O)c1cc(C)nc(NC)n1. The van der Waals surface area contributed by atoms with Crippen molar-refractivity contribution < 1.29 is 13.2 Å². The number of nitrogens with zero attached hydrogens (tertiary/aromatic N) is 2. The van der Waals surface area contributed by atoms with Crippen molar-refractivity contribution >= 4 is 21.7 Å². The average molecular weight is 300 g/mol. The van der Waals surface area contributed by atoms with Crippen molar-refractivity contribution in [1.82, 2.24) is 15.3 Å². The summed E-state index contributed by atoms with van der Waals surface area (Å²) in [6.45, 7) is 4.99. The van der Waals surface area contributed by atoms with Gasteiger partial charge in [0.15, 0.2) is 9.84 Å². The molecule has 7 nitrogen and oxygen atoms in total. The summed E-state index contributed by atoms with van der Waals surface area (Å²) < 4.78 is 23.0. The van der Waals surface area contributed by atoms with Gasteiger partial charge in [0.25, 0.3) is 5.91 Å². The fourth-order valence-electron chi connectivity index (χ4n) is 1.63. The fourth-order valence-corrected chi connectivity index (χ4v) is 2.72. The summed E-state index contributed by atoms with van der Waals surface area (Å²) in [5.74, 6) is -0.0863. The first-order chi connectivity index (χ1) is 9.27. The molecule has 0 aliphatic rings. The van der Waals surface area contributed by atoms with E-state index in [9.17, 15) is 13.2 Å². The topological polar surface area (TPSA) is 101 Å². The summed E-state index contributed by atoms with van der Waals surface area (Å²) in [6.07, 6.45) is 0. The van der Waals surface area contributed by atoms with E-state index in [4.69, 9.17) is 0 Å². The van der Waals surface area contributed by atoms with Crippen LogP contribution in [0.1, 0.15) is 30.0 Å². The highest BCUT2D eigenvalue weighted by molar-refractivity contribution is 7.91. The molecular weight excluding hydrogens is 280 g/mol. The van der Waals surface area contributed by atoms with Gasteiger partial charge in [-0.1, -0.05) is 6.92 Å². The molecular formula is C12H20N4O3S. The van der Waals surface area contributed by atoms with E-state index in [0.717, 1.165) is 0 Å². The number of aryl methyl sites for hydroxylation is 1. The van der Waals surface area contributed by atoms with Gasteiger partial charge < -0.3 is 10.6 Å². The predicted molar refractivity (Wildman–Crippen MR) is 77.6 cm³/mol. The minimum Gasteiger partial charge on any atom is -0.357 e. The van der Waals surface area contributed by atoms with E-state index in [1.54, 1.807) is 33.9 Å². The molecule has 1 heterocycles. The second kappa shape index (κ2) is 6.65. The van der Waals surface area contributed by atoms with Gasteiger partial charge in [-0.2, -0.15) is 0 Å². The van der Waals surface area contributed by atoms with Gasteiger partial charge in [0.2, 0.25) is 5.95 Å². The first-order valence-corrected chi connectivity index (χ1v) is 8.14. The Morgan fingerprint density at radius 1 is 1.40 bits per heavy atom. The van der Waals surface area contributed by atoms with Gasteiger partial charge in [0.05, 0.1) is 5.75 Å². The van der Waals surface area contributed by atoms with E-state index in [1.165, 1.54) is 0 Å². The molecule has 112 valence electrons. The third-order valence-corrected chi connectivity index (χ3v) is 4.52. The Morgan fingerprint density at radius 2 is 2.05 bits per heavy atom. The van der Waals surface area contributed by atoms with E-state index in [0.29, 0.717) is 11.6 Å². The highest BCUT2D eigenvalue weighted by atomic mass is 32.2. The van der Waals surface area contributed by atoms with Crippen molar-refractivity contribution in [3.05, 3.63) is 17.5 Å². The number of rotatable bonds is 6. The molecule has 1 rings (SSSR count). The molecule has 1 aromatic rings. The van der Waals surface area contributed by atoms with Crippen LogP contribution in [0, 0.1) is 6.92 Å². The van der Waals surface area contributed by atoms with Gasteiger partial charge in [-0.3, -0.25) is 4.79 Å². The quantitative estimate of drug-likeness (QED) is 0.787. The lowest BCUT2D eigenvalue weighted by atomic mass is 10.3. The Labute approximate surface area is 119 Å². The van der Waals surface area contributed by atoms with Gasteiger partial charge in [-0.05, 0) is 19.9 Å². The summed E-state index contributed by atoms with van der Waals surface area (Å²) in [6, 6.07) is 1.08. The number of hydrogen-bond acceptors (Lipinski definition) is 6. The molecule has 0 radical (unpaired) electrons. The van der Waals surface area contributed by atoms with Crippen molar-refractivity contribution in [2.75, 3.05) is 23.9 Å². The Balaban J connectivity index is 2.79. The molecule has 2 N–H and O–H groups in total. The van der Waals surface area contributed by atoms with Crippen molar-refractivity contribution in [3.8, 4) is 0 Å².